The predicted octanol–water partition coefficient (Wildman–Crippen LogP) is 5.69. The fourth-order valence-electron chi connectivity index (χ4n) is 3.20. The van der Waals surface area contributed by atoms with Crippen molar-refractivity contribution in [1.82, 2.24) is 20.3 Å². The molecule has 3 rings (SSSR count). The smallest absolute Gasteiger partial charge is 0.421 e. The van der Waals surface area contributed by atoms with E-state index in [4.69, 9.17) is 4.74 Å². The second-order valence-electron chi connectivity index (χ2n) is 8.36. The number of carbonyl (C=O) groups excluding carboxylic acids is 1. The van der Waals surface area contributed by atoms with Gasteiger partial charge in [0, 0.05) is 25.1 Å². The van der Waals surface area contributed by atoms with Gasteiger partial charge in [0.1, 0.15) is 21.7 Å². The fourth-order valence-corrected chi connectivity index (χ4v) is 4.60. The average molecular weight is 617 g/mol. The molecule has 10 nitrogen and oxygen atoms in total. The van der Waals surface area contributed by atoms with Crippen molar-refractivity contribution in [2.45, 2.75) is 31.8 Å². The summed E-state index contributed by atoms with van der Waals surface area (Å²) in [6, 6.07) is 7.54. The first-order chi connectivity index (χ1) is 17.7. The van der Waals surface area contributed by atoms with Crippen LogP contribution >= 0.6 is 23.3 Å². The van der Waals surface area contributed by atoms with Crippen LogP contribution in [0.1, 0.15) is 35.5 Å². The third-order valence-electron chi connectivity index (χ3n) is 5.38. The first-order valence-electron chi connectivity index (χ1n) is 11.1. The molecule has 38 heavy (non-hydrogen) atoms. The SMILES string of the molecule is CNC(=O)c1nc(Br)ccc1Nc1nc(Nc2ccc(CP(=O)(O)C(C)C)cc2OC)ncc1C(F)(F)F. The Kier molecular flexibility index (Phi) is 9.01. The topological polar surface area (TPSA) is 138 Å². The number of hydrogen-bond acceptors (Lipinski definition) is 8. The van der Waals surface area contributed by atoms with E-state index in [2.05, 4.69) is 46.8 Å². The Morgan fingerprint density at radius 3 is 2.45 bits per heavy atom. The van der Waals surface area contributed by atoms with Gasteiger partial charge >= 0.3 is 6.18 Å². The standard InChI is InChI=1S/C23H25BrF3N6O4P/c1-12(2)38(35,36)11-13-5-6-15(17(9-13)37-4)31-22-29-10-14(23(25,26)27)20(33-22)30-16-7-8-18(24)32-19(16)21(34)28-3/h5-10,12H,11H2,1-4H3,(H,28,34)(H,35,36)(H2,29,30,31,33). The molecule has 0 saturated carbocycles. The Balaban J connectivity index is 1.99. The number of rotatable bonds is 9. The molecule has 2 heterocycles. The second kappa shape index (κ2) is 11.7. The lowest BCUT2D eigenvalue weighted by Gasteiger charge is -2.18. The maximum atomic E-state index is 13.7. The van der Waals surface area contributed by atoms with Crippen LogP contribution in [0.15, 0.2) is 41.1 Å². The Morgan fingerprint density at radius 2 is 1.84 bits per heavy atom. The Bertz CT molecular complexity index is 1390. The summed E-state index contributed by atoms with van der Waals surface area (Å²) >= 11 is 3.14. The van der Waals surface area contributed by atoms with Crippen molar-refractivity contribution in [3.05, 3.63) is 58.0 Å². The third kappa shape index (κ3) is 7.00. The quantitative estimate of drug-likeness (QED) is 0.176. The summed E-state index contributed by atoms with van der Waals surface area (Å²) in [5, 5.41) is 7.74. The van der Waals surface area contributed by atoms with Gasteiger partial charge in [0.25, 0.3) is 5.91 Å². The van der Waals surface area contributed by atoms with Gasteiger partial charge < -0.3 is 25.6 Å². The largest absolute Gasteiger partial charge is 0.495 e. The summed E-state index contributed by atoms with van der Waals surface area (Å²) in [4.78, 5) is 34.2. The van der Waals surface area contributed by atoms with Crippen molar-refractivity contribution in [3.8, 4) is 5.75 Å². The van der Waals surface area contributed by atoms with Gasteiger partial charge in [0.15, 0.2) is 5.69 Å². The molecule has 0 bridgehead atoms. The number of ether oxygens (including phenoxy) is 1. The van der Waals surface area contributed by atoms with Gasteiger partial charge in [-0.05, 0) is 45.8 Å². The van der Waals surface area contributed by atoms with E-state index in [1.165, 1.54) is 26.3 Å². The number of nitrogens with zero attached hydrogens (tertiary/aromatic N) is 3. The molecule has 4 N–H and O–H groups in total. The van der Waals surface area contributed by atoms with Gasteiger partial charge in [-0.2, -0.15) is 18.2 Å². The highest BCUT2D eigenvalue weighted by molar-refractivity contribution is 9.10. The molecule has 1 unspecified atom stereocenters. The number of hydrogen-bond donors (Lipinski definition) is 4. The maximum absolute atomic E-state index is 13.7. The number of amides is 1. The summed E-state index contributed by atoms with van der Waals surface area (Å²) in [6.07, 6.45) is -4.26. The molecule has 0 saturated heterocycles. The van der Waals surface area contributed by atoms with Crippen molar-refractivity contribution in [1.29, 1.82) is 0 Å². The number of carbonyl (C=O) groups is 1. The lowest BCUT2D eigenvalue weighted by Crippen LogP contribution is -2.21. The highest BCUT2D eigenvalue weighted by Gasteiger charge is 2.36. The Labute approximate surface area is 225 Å². The number of halogens is 4. The number of methoxy groups -OCH3 is 1. The lowest BCUT2D eigenvalue weighted by atomic mass is 10.2. The molecule has 0 radical (unpaired) electrons. The molecule has 0 spiro atoms. The number of nitrogens with one attached hydrogen (secondary N) is 3. The molecule has 1 amide bonds. The van der Waals surface area contributed by atoms with Crippen LogP contribution in [0.5, 0.6) is 5.75 Å². The minimum absolute atomic E-state index is 0.0109. The van der Waals surface area contributed by atoms with Crippen LogP contribution < -0.4 is 20.7 Å². The van der Waals surface area contributed by atoms with E-state index in [-0.39, 0.29) is 29.2 Å². The van der Waals surface area contributed by atoms with Crippen LogP contribution in [0.2, 0.25) is 0 Å². The minimum Gasteiger partial charge on any atom is -0.495 e. The monoisotopic (exact) mass is 616 g/mol. The minimum atomic E-state index is -4.80. The van der Waals surface area contributed by atoms with Gasteiger partial charge in [-0.3, -0.25) is 9.36 Å². The summed E-state index contributed by atoms with van der Waals surface area (Å²) in [5.41, 5.74) is -0.889. The van der Waals surface area contributed by atoms with Crippen molar-refractivity contribution < 1.29 is 32.2 Å². The van der Waals surface area contributed by atoms with Crippen molar-refractivity contribution in [2.24, 2.45) is 0 Å². The van der Waals surface area contributed by atoms with E-state index >= 15 is 0 Å². The second-order valence-corrected chi connectivity index (χ2v) is 12.0. The van der Waals surface area contributed by atoms with Crippen molar-refractivity contribution >= 4 is 52.3 Å². The van der Waals surface area contributed by atoms with Gasteiger partial charge in [0.05, 0.1) is 18.5 Å². The first-order valence-corrected chi connectivity index (χ1v) is 13.8. The summed E-state index contributed by atoms with van der Waals surface area (Å²) in [6.45, 7) is 3.31. The van der Waals surface area contributed by atoms with Crippen molar-refractivity contribution in [2.75, 3.05) is 24.8 Å². The number of alkyl halides is 3. The summed E-state index contributed by atoms with van der Waals surface area (Å²) < 4.78 is 59.3. The molecule has 0 fully saturated rings. The molecule has 15 heteroatoms. The zero-order valence-corrected chi connectivity index (χ0v) is 23.2. The molecule has 0 aliphatic carbocycles. The number of pyridine rings is 1. The predicted molar refractivity (Wildman–Crippen MR) is 141 cm³/mol. The van der Waals surface area contributed by atoms with Gasteiger partial charge in [-0.25, -0.2) is 9.97 Å². The van der Waals surface area contributed by atoms with Crippen LogP contribution in [0.4, 0.5) is 36.3 Å². The first kappa shape index (κ1) is 29.3. The zero-order chi connectivity index (χ0) is 28.3. The molecule has 0 aliphatic heterocycles. The highest BCUT2D eigenvalue weighted by atomic mass is 79.9. The van der Waals surface area contributed by atoms with Crippen LogP contribution in [0.25, 0.3) is 0 Å². The van der Waals surface area contributed by atoms with E-state index in [0.717, 1.165) is 0 Å². The lowest BCUT2D eigenvalue weighted by molar-refractivity contribution is -0.137. The Hall–Kier alpha value is -3.22. The molecular weight excluding hydrogens is 592 g/mol. The normalized spacial score (nSPS) is 13.1. The maximum Gasteiger partial charge on any atom is 0.421 e. The number of anilines is 4. The van der Waals surface area contributed by atoms with Gasteiger partial charge in [-0.1, -0.05) is 19.9 Å². The summed E-state index contributed by atoms with van der Waals surface area (Å²) in [5.74, 6) is -1.17. The molecule has 1 aromatic carbocycles. The zero-order valence-electron chi connectivity index (χ0n) is 20.7. The summed E-state index contributed by atoms with van der Waals surface area (Å²) in [7, 11) is -0.683. The molecular formula is C23H25BrF3N6O4P. The van der Waals surface area contributed by atoms with E-state index in [0.29, 0.717) is 22.1 Å². The Morgan fingerprint density at radius 1 is 1.16 bits per heavy atom. The number of aromatic nitrogens is 3. The van der Waals surface area contributed by atoms with Crippen LogP contribution in [-0.4, -0.2) is 45.6 Å². The van der Waals surface area contributed by atoms with Crippen LogP contribution in [-0.2, 0) is 16.9 Å². The van der Waals surface area contributed by atoms with E-state index in [1.54, 1.807) is 32.0 Å². The molecule has 1 atom stereocenters. The third-order valence-corrected chi connectivity index (χ3v) is 8.25. The molecule has 2 aromatic heterocycles. The van der Waals surface area contributed by atoms with Crippen LogP contribution in [0.3, 0.4) is 0 Å². The highest BCUT2D eigenvalue weighted by Crippen LogP contribution is 2.49. The van der Waals surface area contributed by atoms with Gasteiger partial charge in [0.2, 0.25) is 13.3 Å². The fraction of sp³-hybridized carbons (Fsp3) is 0.304. The molecule has 0 aliphatic rings. The number of benzene rings is 1. The van der Waals surface area contributed by atoms with E-state index < -0.39 is 36.5 Å². The van der Waals surface area contributed by atoms with E-state index in [9.17, 15) is 27.4 Å². The average Bonchev–Trinajstić information content (AvgIpc) is 2.84. The molecule has 3 aromatic rings. The van der Waals surface area contributed by atoms with Gasteiger partial charge in [-0.15, -0.1) is 0 Å². The molecule has 204 valence electrons. The van der Waals surface area contributed by atoms with Crippen LogP contribution in [0, 0.1) is 0 Å². The van der Waals surface area contributed by atoms with E-state index in [1.807, 2.05) is 0 Å². The van der Waals surface area contributed by atoms with Crippen molar-refractivity contribution in [3.63, 3.8) is 0 Å².